The predicted molar refractivity (Wildman–Crippen MR) is 215 cm³/mol. The first-order chi connectivity index (χ1) is 27.6. The summed E-state index contributed by atoms with van der Waals surface area (Å²) in [5.41, 5.74) is 2.92. The van der Waals surface area contributed by atoms with Crippen molar-refractivity contribution in [3.05, 3.63) is 121 Å². The number of aliphatic hydroxyl groups is 2. The lowest BCUT2D eigenvalue weighted by Gasteiger charge is -2.31. The number of nitrogens with one attached hydrogen (secondary N) is 1. The van der Waals surface area contributed by atoms with Gasteiger partial charge in [0.2, 0.25) is 0 Å². The number of hydrogen-bond acceptors (Lipinski definition) is 12. The maximum Gasteiger partial charge on any atom is 0.343 e. The second kappa shape index (κ2) is 15.6. The molecule has 0 fully saturated rings. The third-order valence-electron chi connectivity index (χ3n) is 10.1. The molecule has 4 aromatic heterocycles. The second-order valence-electron chi connectivity index (χ2n) is 14.6. The van der Waals surface area contributed by atoms with Crippen LogP contribution < -0.4 is 16.4 Å². The van der Waals surface area contributed by atoms with Crippen LogP contribution in [-0.2, 0) is 41.9 Å². The molecule has 2 aliphatic heterocycles. The Bertz CT molecular complexity index is 2720. The molecular weight excluding hydrogens is 768 g/mol. The van der Waals surface area contributed by atoms with E-state index in [-0.39, 0.29) is 36.5 Å². The number of ether oxygens (including phenoxy) is 1. The molecule has 0 radical (unpaired) electrons. The van der Waals surface area contributed by atoms with Crippen molar-refractivity contribution in [1.82, 2.24) is 39.3 Å². The number of rotatable bonds is 8. The molecule has 0 saturated carbocycles. The molecule has 0 saturated heterocycles. The van der Waals surface area contributed by atoms with Crippen LogP contribution in [0, 0.1) is 0 Å². The van der Waals surface area contributed by atoms with E-state index in [0.29, 0.717) is 63.1 Å². The Morgan fingerprint density at radius 2 is 1.83 bits per heavy atom. The van der Waals surface area contributed by atoms with Crippen LogP contribution in [0.3, 0.4) is 0 Å². The predicted octanol–water partition coefficient (Wildman–Crippen LogP) is 3.24. The second-order valence-corrected chi connectivity index (χ2v) is 15.0. The average molecular weight is 809 g/mol. The number of aliphatic hydroxyl groups excluding tert-OH is 1. The first kappa shape index (κ1) is 40.0. The number of phenolic OH excluding ortho intramolecular Hbond substituents is 1. The van der Waals surface area contributed by atoms with Crippen molar-refractivity contribution in [1.29, 1.82) is 0 Å². The van der Waals surface area contributed by atoms with Crippen LogP contribution >= 0.6 is 11.6 Å². The number of hydrogen-bond donors (Lipinski definition) is 4. The molecule has 1 amide bonds. The summed E-state index contributed by atoms with van der Waals surface area (Å²) in [6.07, 6.45) is 3.21. The van der Waals surface area contributed by atoms with E-state index in [4.69, 9.17) is 26.4 Å². The lowest BCUT2D eigenvalue weighted by molar-refractivity contribution is -0.172. The summed E-state index contributed by atoms with van der Waals surface area (Å²) in [6, 6.07) is 14.9. The normalized spacial score (nSPS) is 15.9. The summed E-state index contributed by atoms with van der Waals surface area (Å²) < 4.78 is 9.38. The molecule has 58 heavy (non-hydrogen) atoms. The van der Waals surface area contributed by atoms with Gasteiger partial charge in [-0.1, -0.05) is 30.7 Å². The highest BCUT2D eigenvalue weighted by Gasteiger charge is 2.45. The van der Waals surface area contributed by atoms with E-state index in [1.165, 1.54) is 16.9 Å². The summed E-state index contributed by atoms with van der Waals surface area (Å²) in [4.78, 5) is 57.7. The molecule has 0 bridgehead atoms. The van der Waals surface area contributed by atoms with Crippen LogP contribution in [0.25, 0.3) is 39.2 Å². The van der Waals surface area contributed by atoms with Gasteiger partial charge in [-0.2, -0.15) is 14.9 Å². The Labute approximate surface area is 336 Å². The highest BCUT2D eigenvalue weighted by Crippen LogP contribution is 2.39. The molecule has 0 spiro atoms. The minimum atomic E-state index is -1.84. The van der Waals surface area contributed by atoms with E-state index in [1.807, 2.05) is 25.1 Å². The van der Waals surface area contributed by atoms with Crippen molar-refractivity contribution in [3.8, 4) is 34.1 Å². The molecule has 6 aromatic rings. The van der Waals surface area contributed by atoms with Crippen molar-refractivity contribution in [2.45, 2.75) is 51.6 Å². The quantitative estimate of drug-likeness (QED) is 0.163. The monoisotopic (exact) mass is 808 g/mol. The maximum atomic E-state index is 13.2. The number of nitrogens with zero attached hydrogens (tertiary/aromatic N) is 7. The van der Waals surface area contributed by atoms with Gasteiger partial charge in [0.25, 0.3) is 17.0 Å². The molecule has 300 valence electrons. The average Bonchev–Trinajstić information content (AvgIpc) is 3.80. The van der Waals surface area contributed by atoms with Gasteiger partial charge in [-0.3, -0.25) is 19.1 Å². The van der Waals surface area contributed by atoms with E-state index < -0.39 is 29.1 Å². The Kier molecular flexibility index (Phi) is 10.8. The molecule has 17 heteroatoms. The van der Waals surface area contributed by atoms with Gasteiger partial charge in [0.15, 0.2) is 5.60 Å². The number of aromatic hydroxyl groups is 1. The fourth-order valence-electron chi connectivity index (χ4n) is 7.04. The number of benzene rings is 2. The van der Waals surface area contributed by atoms with Crippen molar-refractivity contribution < 1.29 is 29.6 Å². The highest BCUT2D eigenvalue weighted by atomic mass is 35.5. The van der Waals surface area contributed by atoms with Crippen LogP contribution in [0.2, 0.25) is 5.02 Å². The van der Waals surface area contributed by atoms with Crippen LogP contribution in [0.15, 0.2) is 76.6 Å². The van der Waals surface area contributed by atoms with Crippen LogP contribution in [0.4, 0.5) is 0 Å². The first-order valence-corrected chi connectivity index (χ1v) is 18.8. The third kappa shape index (κ3) is 7.26. The van der Waals surface area contributed by atoms with Crippen LogP contribution in [-0.4, -0.2) is 88.0 Å². The third-order valence-corrected chi connectivity index (χ3v) is 10.4. The van der Waals surface area contributed by atoms with Gasteiger partial charge in [0, 0.05) is 52.3 Å². The first-order valence-electron chi connectivity index (χ1n) is 18.4. The summed E-state index contributed by atoms with van der Waals surface area (Å²) in [6.45, 7) is 3.81. The molecule has 4 N–H and O–H groups in total. The number of pyridine rings is 2. The zero-order chi connectivity index (χ0) is 41.6. The van der Waals surface area contributed by atoms with Crippen molar-refractivity contribution in [2.24, 2.45) is 7.05 Å². The van der Waals surface area contributed by atoms with Crippen LogP contribution in [0.1, 0.15) is 52.9 Å². The minimum Gasteiger partial charge on any atom is -0.508 e. The van der Waals surface area contributed by atoms with Gasteiger partial charge in [0.05, 0.1) is 53.7 Å². The summed E-state index contributed by atoms with van der Waals surface area (Å²) in [5.74, 6) is -1.12. The van der Waals surface area contributed by atoms with E-state index in [2.05, 4.69) is 15.5 Å². The smallest absolute Gasteiger partial charge is 0.343 e. The molecule has 2 aliphatic rings. The molecular formula is C41H41ClN8O8. The highest BCUT2D eigenvalue weighted by molar-refractivity contribution is 6.30. The number of carbonyl (C=O) groups is 2. The number of phenols is 1. The van der Waals surface area contributed by atoms with Gasteiger partial charge in [0.1, 0.15) is 23.6 Å². The van der Waals surface area contributed by atoms with E-state index in [0.717, 1.165) is 21.2 Å². The Morgan fingerprint density at radius 1 is 1.09 bits per heavy atom. The van der Waals surface area contributed by atoms with Crippen molar-refractivity contribution in [3.63, 3.8) is 0 Å². The number of fused-ring (bicyclic) bond motifs is 5. The number of esters is 1. The zero-order valence-electron chi connectivity index (χ0n) is 32.4. The molecule has 0 aliphatic carbocycles. The SMILES string of the molecule is CC(CO)NC(=O)c1cc(-c2ccc(Cl)cc2)nn(-c2cnn(C)c2)c1=O.CC[C@@]1(O)C(=O)OCc2c1cc1n(c2=O)Cc2cc3c(CN(C)C)c(O)ccc3nc2-1. The summed E-state index contributed by atoms with van der Waals surface area (Å²) in [5, 5.41) is 42.9. The molecule has 6 heterocycles. The number of cyclic esters (lactones) is 1. The molecule has 2 atom stereocenters. The van der Waals surface area contributed by atoms with Crippen molar-refractivity contribution in [2.75, 3.05) is 20.7 Å². The Morgan fingerprint density at radius 3 is 2.48 bits per heavy atom. The largest absolute Gasteiger partial charge is 0.508 e. The van der Waals surface area contributed by atoms with Gasteiger partial charge in [-0.25, -0.2) is 9.78 Å². The fraction of sp³-hybridized carbons (Fsp3) is 0.293. The van der Waals surface area contributed by atoms with Crippen molar-refractivity contribution >= 4 is 34.4 Å². The summed E-state index contributed by atoms with van der Waals surface area (Å²) >= 11 is 5.93. The number of halogens is 1. The van der Waals surface area contributed by atoms with Gasteiger partial charge in [-0.15, -0.1) is 0 Å². The summed E-state index contributed by atoms with van der Waals surface area (Å²) in [7, 11) is 5.57. The maximum absolute atomic E-state index is 13.2. The fourth-order valence-corrected chi connectivity index (χ4v) is 7.17. The van der Waals surface area contributed by atoms with E-state index >= 15 is 0 Å². The van der Waals surface area contributed by atoms with Crippen LogP contribution in [0.5, 0.6) is 5.75 Å². The number of carbonyl (C=O) groups excluding carboxylic acids is 2. The standard InChI is InChI=1S/C23H23N3O5.C18H18ClN5O3/c1-4-23(30)16-8-18-20-12(9-26(18)21(28)15(16)11-31-22(23)29)7-13-14(10-25(2)3)19(27)6-5-17(13)24-20;1-11(10-25)21-17(26)15-7-16(12-3-5-13(19)6-4-12)22-24(18(15)27)14-8-20-23(2)9-14/h5-8,27,30H,4,9-11H2,1-3H3;3-9,11,25H,10H2,1-2H3,(H,21,26)/t23-;/m0./s1. The van der Waals surface area contributed by atoms with Gasteiger partial charge in [-0.05, 0) is 69.9 Å². The zero-order valence-corrected chi connectivity index (χ0v) is 33.1. The van der Waals surface area contributed by atoms with E-state index in [1.54, 1.807) is 74.1 Å². The minimum absolute atomic E-state index is 0.0842. The Hall–Kier alpha value is -6.20. The lowest BCUT2D eigenvalue weighted by Crippen LogP contribution is -2.44. The number of amides is 1. The molecule has 2 aromatic carbocycles. The topological polar surface area (TPSA) is 207 Å². The van der Waals surface area contributed by atoms with Gasteiger partial charge >= 0.3 is 5.97 Å². The molecule has 8 rings (SSSR count). The molecule has 1 unspecified atom stereocenters. The number of aromatic nitrogens is 6. The number of aryl methyl sites for hydroxylation is 1. The van der Waals surface area contributed by atoms with E-state index in [9.17, 15) is 29.4 Å². The Balaban J connectivity index is 0.000000179. The van der Waals surface area contributed by atoms with Gasteiger partial charge < -0.3 is 34.8 Å². The molecule has 16 nitrogen and oxygen atoms in total. The lowest BCUT2D eigenvalue weighted by atomic mass is 9.86.